The van der Waals surface area contributed by atoms with Gasteiger partial charge in [-0.15, -0.1) is 0 Å². The molecule has 4 aromatic carbocycles. The number of nitrogens with one attached hydrogen (secondary N) is 4. The van der Waals surface area contributed by atoms with Crippen molar-refractivity contribution in [2.75, 3.05) is 32.0 Å². The highest BCUT2D eigenvalue weighted by Crippen LogP contribution is 2.41. The normalized spacial score (nSPS) is 13.3. The van der Waals surface area contributed by atoms with Crippen LogP contribution in [0, 0.1) is 0 Å². The van der Waals surface area contributed by atoms with Crippen LogP contribution in [0.1, 0.15) is 55.2 Å². The predicted octanol–water partition coefficient (Wildman–Crippen LogP) is 8.37. The number of likely N-dealkylation sites (N-methyl/N-ethyl adjacent to an activating group) is 1. The Labute approximate surface area is 292 Å². The number of hydrogen-bond acceptors (Lipinski definition) is 6. The fraction of sp³-hybridized carbons (Fsp3) is 0.341. The molecule has 0 spiro atoms. The quantitative estimate of drug-likeness (QED) is 0.0621. The first-order valence-electron chi connectivity index (χ1n) is 17.3. The van der Waals surface area contributed by atoms with Crippen LogP contribution in [0.25, 0.3) is 10.9 Å². The average Bonchev–Trinajstić information content (AvgIpc) is 3.09. The monoisotopic (exact) mass is 676 g/mol. The first-order chi connectivity index (χ1) is 23.5. The highest BCUT2D eigenvalue weighted by molar-refractivity contribution is 6.74. The summed E-state index contributed by atoms with van der Waals surface area (Å²) in [5.41, 5.74) is 6.30. The van der Waals surface area contributed by atoms with Gasteiger partial charge in [-0.05, 0) is 84.7 Å². The third-order valence-electron chi connectivity index (χ3n) is 9.65. The number of fused-ring (bicyclic) bond motifs is 1. The predicted molar refractivity (Wildman–Crippen MR) is 206 cm³/mol. The van der Waals surface area contributed by atoms with E-state index in [1.807, 2.05) is 55.6 Å². The Morgan fingerprint density at radius 3 is 2.16 bits per heavy atom. The van der Waals surface area contributed by atoms with Gasteiger partial charge in [0.05, 0.1) is 11.6 Å². The van der Waals surface area contributed by atoms with Crippen LogP contribution in [0.2, 0.25) is 18.1 Å². The zero-order valence-corrected chi connectivity index (χ0v) is 30.8. The molecule has 0 saturated carbocycles. The van der Waals surface area contributed by atoms with Gasteiger partial charge in [0.1, 0.15) is 12.4 Å². The number of hydrogen-bond donors (Lipinski definition) is 4. The Balaban J connectivity index is 1.27. The second-order valence-corrected chi connectivity index (χ2v) is 18.9. The molecule has 0 saturated heterocycles. The van der Waals surface area contributed by atoms with E-state index in [1.165, 1.54) is 11.1 Å². The van der Waals surface area contributed by atoms with Gasteiger partial charge in [0.2, 0.25) is 5.56 Å². The average molecular weight is 677 g/mol. The highest BCUT2D eigenvalue weighted by atomic mass is 28.4. The summed E-state index contributed by atoms with van der Waals surface area (Å²) < 4.78 is 13.3. The molecule has 258 valence electrons. The van der Waals surface area contributed by atoms with Crippen LogP contribution >= 0.6 is 0 Å². The molecule has 5 rings (SSSR count). The van der Waals surface area contributed by atoms with Gasteiger partial charge in [-0.3, -0.25) is 4.79 Å². The molecule has 1 heterocycles. The van der Waals surface area contributed by atoms with Crippen molar-refractivity contribution in [1.82, 2.24) is 15.6 Å². The van der Waals surface area contributed by atoms with Crippen LogP contribution < -0.4 is 26.2 Å². The summed E-state index contributed by atoms with van der Waals surface area (Å²) in [6, 6.07) is 37.1. The van der Waals surface area contributed by atoms with Gasteiger partial charge in [-0.2, -0.15) is 0 Å². The molecular formula is C41H52N4O3Si. The molecule has 0 radical (unpaired) electrons. The van der Waals surface area contributed by atoms with Crippen molar-refractivity contribution in [3.8, 4) is 5.75 Å². The van der Waals surface area contributed by atoms with Crippen molar-refractivity contribution < 1.29 is 9.16 Å². The SMILES string of the molecule is CN[C@@H](CNc1ccc(CCNC[C@H](O[Si](C)(C)C(C)(C)C)c2ccc(OCc3ccccc3)c3[nH]c(=O)ccc23)cc1)c1ccccc1. The number of anilines is 1. The maximum absolute atomic E-state index is 12.5. The van der Waals surface area contributed by atoms with Crippen LogP contribution in [0.4, 0.5) is 5.69 Å². The Kier molecular flexibility index (Phi) is 12.1. The van der Waals surface area contributed by atoms with Crippen LogP contribution in [-0.2, 0) is 17.5 Å². The van der Waals surface area contributed by atoms with Crippen molar-refractivity contribution in [3.05, 3.63) is 142 Å². The minimum atomic E-state index is -2.15. The van der Waals surface area contributed by atoms with Crippen LogP contribution in [0.3, 0.4) is 0 Å². The number of rotatable bonds is 16. The number of ether oxygens (including phenoxy) is 1. The van der Waals surface area contributed by atoms with Gasteiger partial charge < -0.3 is 30.1 Å². The summed E-state index contributed by atoms with van der Waals surface area (Å²) in [7, 11) is -0.150. The Hall–Kier alpha value is -4.21. The Morgan fingerprint density at radius 1 is 0.796 bits per heavy atom. The zero-order valence-electron chi connectivity index (χ0n) is 29.8. The zero-order chi connectivity index (χ0) is 34.9. The summed E-state index contributed by atoms with van der Waals surface area (Å²) in [4.78, 5) is 15.6. The Morgan fingerprint density at radius 2 is 1.49 bits per heavy atom. The Bertz CT molecular complexity index is 1820. The van der Waals surface area contributed by atoms with Gasteiger partial charge in [0, 0.05) is 36.3 Å². The second-order valence-electron chi connectivity index (χ2n) is 14.2. The molecule has 8 heteroatoms. The van der Waals surface area contributed by atoms with Gasteiger partial charge in [-0.1, -0.05) is 99.6 Å². The van der Waals surface area contributed by atoms with E-state index in [0.717, 1.165) is 41.7 Å². The molecule has 5 aromatic rings. The largest absolute Gasteiger partial charge is 0.487 e. The van der Waals surface area contributed by atoms with E-state index in [-0.39, 0.29) is 22.7 Å². The number of benzene rings is 4. The fourth-order valence-electron chi connectivity index (χ4n) is 5.68. The molecule has 4 N–H and O–H groups in total. The van der Waals surface area contributed by atoms with E-state index in [9.17, 15) is 4.79 Å². The van der Waals surface area contributed by atoms with E-state index in [1.54, 1.807) is 6.07 Å². The number of H-pyrrole nitrogens is 1. The summed E-state index contributed by atoms with van der Waals surface area (Å²) in [5, 5.41) is 11.6. The molecule has 0 bridgehead atoms. The topological polar surface area (TPSA) is 87.4 Å². The van der Waals surface area contributed by atoms with Crippen molar-refractivity contribution in [1.29, 1.82) is 0 Å². The molecule has 2 atom stereocenters. The summed E-state index contributed by atoms with van der Waals surface area (Å²) in [6.07, 6.45) is 0.699. The van der Waals surface area contributed by atoms with E-state index in [2.05, 4.69) is 109 Å². The molecule has 7 nitrogen and oxygen atoms in total. The summed E-state index contributed by atoms with van der Waals surface area (Å²) in [5.74, 6) is 0.652. The van der Waals surface area contributed by atoms with E-state index < -0.39 is 8.32 Å². The molecular weight excluding hydrogens is 625 g/mol. The van der Waals surface area contributed by atoms with Crippen LogP contribution in [0.5, 0.6) is 5.75 Å². The van der Waals surface area contributed by atoms with Gasteiger partial charge in [0.25, 0.3) is 0 Å². The first kappa shape index (κ1) is 36.1. The highest BCUT2D eigenvalue weighted by Gasteiger charge is 2.39. The van der Waals surface area contributed by atoms with Crippen molar-refractivity contribution in [2.24, 2.45) is 0 Å². The molecule has 0 aliphatic rings. The maximum atomic E-state index is 12.5. The number of pyridine rings is 1. The lowest BCUT2D eigenvalue weighted by molar-refractivity contribution is 0.182. The van der Waals surface area contributed by atoms with Gasteiger partial charge in [-0.25, -0.2) is 0 Å². The van der Waals surface area contributed by atoms with E-state index in [4.69, 9.17) is 9.16 Å². The molecule has 0 aliphatic heterocycles. The van der Waals surface area contributed by atoms with Crippen LogP contribution in [0.15, 0.2) is 114 Å². The minimum Gasteiger partial charge on any atom is -0.487 e. The molecule has 49 heavy (non-hydrogen) atoms. The third-order valence-corrected chi connectivity index (χ3v) is 14.1. The van der Waals surface area contributed by atoms with Crippen molar-refractivity contribution in [2.45, 2.75) is 64.1 Å². The third kappa shape index (κ3) is 9.70. The second kappa shape index (κ2) is 16.5. The molecule has 1 aromatic heterocycles. The van der Waals surface area contributed by atoms with E-state index in [0.29, 0.717) is 24.4 Å². The van der Waals surface area contributed by atoms with Crippen molar-refractivity contribution in [3.63, 3.8) is 0 Å². The maximum Gasteiger partial charge on any atom is 0.248 e. The summed E-state index contributed by atoms with van der Waals surface area (Å²) in [6.45, 7) is 14.0. The summed E-state index contributed by atoms with van der Waals surface area (Å²) >= 11 is 0. The molecule has 0 unspecified atom stereocenters. The smallest absolute Gasteiger partial charge is 0.248 e. The van der Waals surface area contributed by atoms with Crippen LogP contribution in [-0.4, -0.2) is 40.0 Å². The lowest BCUT2D eigenvalue weighted by Gasteiger charge is -2.39. The molecule has 0 fully saturated rings. The van der Waals surface area contributed by atoms with Gasteiger partial charge in [0.15, 0.2) is 8.32 Å². The minimum absolute atomic E-state index is 0.0399. The lowest BCUT2D eigenvalue weighted by Crippen LogP contribution is -2.43. The fourth-order valence-corrected chi connectivity index (χ4v) is 6.95. The standard InChI is InChI=1S/C41H52N4O3Si/c1-41(2,3)49(5,6)48-38(34-21-23-37(40-35(34)22-24-39(46)45-40)47-29-31-13-9-7-10-14-31)28-43-26-25-30-17-19-33(20-18-30)44-27-36(42-4)32-15-11-8-12-16-32/h7-24,36,38,42-44H,25-29H2,1-6H3,(H,45,46)/t36-,38-/m0/s1. The number of aromatic amines is 1. The molecule has 0 amide bonds. The lowest BCUT2D eigenvalue weighted by atomic mass is 10.0. The number of aromatic nitrogens is 1. The molecule has 0 aliphatic carbocycles. The first-order valence-corrected chi connectivity index (χ1v) is 20.2. The van der Waals surface area contributed by atoms with Crippen molar-refractivity contribution >= 4 is 24.9 Å². The van der Waals surface area contributed by atoms with E-state index >= 15 is 0 Å². The van der Waals surface area contributed by atoms with Gasteiger partial charge >= 0.3 is 0 Å².